The summed E-state index contributed by atoms with van der Waals surface area (Å²) in [6.45, 7) is 0. The van der Waals surface area contributed by atoms with E-state index in [1.165, 1.54) is 23.1 Å². The van der Waals surface area contributed by atoms with Gasteiger partial charge in [-0.1, -0.05) is 11.6 Å². The number of carbonyl (C=O) groups is 1. The summed E-state index contributed by atoms with van der Waals surface area (Å²) in [6.07, 6.45) is 4.62. The predicted octanol–water partition coefficient (Wildman–Crippen LogP) is 1.02. The molecule has 9 heteroatoms. The number of rotatable bonds is 3. The largest absolute Gasteiger partial charge is 0.478 e. The summed E-state index contributed by atoms with van der Waals surface area (Å²) in [7, 11) is -3.38. The van der Waals surface area contributed by atoms with Crippen LogP contribution in [0.15, 0.2) is 29.6 Å². The maximum Gasteiger partial charge on any atom is 0.337 e. The molecule has 2 rings (SSSR count). The number of aromatic nitrogens is 3. The van der Waals surface area contributed by atoms with Gasteiger partial charge in [0.05, 0.1) is 23.0 Å². The second-order valence-corrected chi connectivity index (χ2v) is 6.14. The highest BCUT2D eigenvalue weighted by Gasteiger charge is 2.14. The van der Waals surface area contributed by atoms with Crippen LogP contribution in [0.5, 0.6) is 0 Å². The Kier molecular flexibility index (Phi) is 3.29. The molecule has 0 atom stereocenters. The highest BCUT2D eigenvalue weighted by atomic mass is 35.5. The lowest BCUT2D eigenvalue weighted by molar-refractivity contribution is 0.0697. The molecule has 0 radical (unpaired) electrons. The molecule has 0 fully saturated rings. The molecule has 7 nitrogen and oxygen atoms in total. The first-order chi connectivity index (χ1) is 8.79. The van der Waals surface area contributed by atoms with E-state index in [-0.39, 0.29) is 21.3 Å². The topological polar surface area (TPSA) is 102 Å². The lowest BCUT2D eigenvalue weighted by atomic mass is 10.2. The minimum absolute atomic E-state index is 0.00765. The van der Waals surface area contributed by atoms with E-state index in [9.17, 15) is 13.2 Å². The Bertz CT molecular complexity index is 754. The van der Waals surface area contributed by atoms with Gasteiger partial charge < -0.3 is 5.11 Å². The zero-order chi connectivity index (χ0) is 14.2. The average Bonchev–Trinajstić information content (AvgIpc) is 2.78. The quantitative estimate of drug-likeness (QED) is 0.908. The summed E-state index contributed by atoms with van der Waals surface area (Å²) < 4.78 is 23.8. The number of halogens is 1. The summed E-state index contributed by atoms with van der Waals surface area (Å²) in [5, 5.41) is 12.7. The highest BCUT2D eigenvalue weighted by molar-refractivity contribution is 7.90. The maximum absolute atomic E-state index is 11.3. The first kappa shape index (κ1) is 13.5. The summed E-state index contributed by atoms with van der Waals surface area (Å²) in [4.78, 5) is 14.8. The van der Waals surface area contributed by atoms with Crippen LogP contribution in [0.3, 0.4) is 0 Å². The molecule has 0 aliphatic carbocycles. The first-order valence-corrected chi connectivity index (χ1v) is 7.20. The smallest absolute Gasteiger partial charge is 0.337 e. The minimum Gasteiger partial charge on any atom is -0.478 e. The zero-order valence-corrected chi connectivity index (χ0v) is 11.2. The predicted molar refractivity (Wildman–Crippen MR) is 66.4 cm³/mol. The first-order valence-electron chi connectivity index (χ1n) is 4.93. The van der Waals surface area contributed by atoms with E-state index >= 15 is 0 Å². The number of carboxylic acid groups (broad SMARTS) is 1. The fraction of sp³-hybridized carbons (Fsp3) is 0.100. The molecule has 0 aromatic carbocycles. The molecule has 0 bridgehead atoms. The Balaban J connectivity index is 2.51. The van der Waals surface area contributed by atoms with Crippen LogP contribution in [0.25, 0.3) is 5.82 Å². The molecule has 0 amide bonds. The van der Waals surface area contributed by atoms with Gasteiger partial charge in [0.25, 0.3) is 0 Å². The molecule has 0 aliphatic heterocycles. The molecule has 2 aromatic rings. The van der Waals surface area contributed by atoms with E-state index < -0.39 is 15.8 Å². The molecule has 0 aliphatic rings. The van der Waals surface area contributed by atoms with Gasteiger partial charge in [0, 0.05) is 12.5 Å². The number of aromatic carboxylic acids is 1. The van der Waals surface area contributed by atoms with Crippen LogP contribution in [-0.4, -0.2) is 40.5 Å². The van der Waals surface area contributed by atoms with Gasteiger partial charge >= 0.3 is 5.97 Å². The standard InChI is InChI=1S/C10H8ClN3O4S/c1-19(17,18)6-3-13-14(5-6)9-2-7(10(15)16)8(11)4-12-9/h2-5H,1H3,(H,15,16). The Hall–Kier alpha value is -1.93. The van der Waals surface area contributed by atoms with E-state index in [1.54, 1.807) is 0 Å². The molecule has 0 saturated carbocycles. The van der Waals surface area contributed by atoms with Crippen molar-refractivity contribution in [2.45, 2.75) is 4.90 Å². The number of hydrogen-bond donors (Lipinski definition) is 1. The van der Waals surface area contributed by atoms with E-state index in [0.29, 0.717) is 0 Å². The van der Waals surface area contributed by atoms with Crippen molar-refractivity contribution in [2.24, 2.45) is 0 Å². The van der Waals surface area contributed by atoms with Gasteiger partial charge in [-0.15, -0.1) is 0 Å². The van der Waals surface area contributed by atoms with Crippen LogP contribution in [0.4, 0.5) is 0 Å². The maximum atomic E-state index is 11.3. The highest BCUT2D eigenvalue weighted by Crippen LogP contribution is 2.18. The third-order valence-corrected chi connectivity index (χ3v) is 3.66. The van der Waals surface area contributed by atoms with E-state index in [4.69, 9.17) is 16.7 Å². The Morgan fingerprint density at radius 1 is 1.42 bits per heavy atom. The summed E-state index contributed by atoms with van der Waals surface area (Å²) in [6, 6.07) is 1.21. The van der Waals surface area contributed by atoms with Crippen LogP contribution in [0.1, 0.15) is 10.4 Å². The van der Waals surface area contributed by atoms with Gasteiger partial charge in [0.1, 0.15) is 4.90 Å². The van der Waals surface area contributed by atoms with Gasteiger partial charge in [-0.25, -0.2) is 22.9 Å². The second kappa shape index (κ2) is 4.63. The number of carboxylic acids is 1. The van der Waals surface area contributed by atoms with Crippen molar-refractivity contribution in [3.63, 3.8) is 0 Å². The third kappa shape index (κ3) is 2.74. The van der Waals surface area contributed by atoms with E-state index in [0.717, 1.165) is 12.5 Å². The van der Waals surface area contributed by atoms with Crippen molar-refractivity contribution in [1.82, 2.24) is 14.8 Å². The Morgan fingerprint density at radius 2 is 2.11 bits per heavy atom. The summed E-state index contributed by atoms with van der Waals surface area (Å²) in [5.74, 6) is -1.04. The van der Waals surface area contributed by atoms with Gasteiger partial charge in [-0.2, -0.15) is 5.10 Å². The number of pyridine rings is 1. The number of nitrogens with zero attached hydrogens (tertiary/aromatic N) is 3. The van der Waals surface area contributed by atoms with Crippen molar-refractivity contribution in [3.8, 4) is 5.82 Å². The molecule has 100 valence electrons. The van der Waals surface area contributed by atoms with Crippen LogP contribution in [0, 0.1) is 0 Å². The van der Waals surface area contributed by atoms with Crippen LogP contribution in [0.2, 0.25) is 5.02 Å². The van der Waals surface area contributed by atoms with Gasteiger partial charge in [0.2, 0.25) is 0 Å². The molecular formula is C10H8ClN3O4S. The lowest BCUT2D eigenvalue weighted by Gasteiger charge is -2.03. The Morgan fingerprint density at radius 3 is 2.63 bits per heavy atom. The SMILES string of the molecule is CS(=O)(=O)c1cnn(-c2cc(C(=O)O)c(Cl)cn2)c1. The van der Waals surface area contributed by atoms with Crippen LogP contribution < -0.4 is 0 Å². The van der Waals surface area contributed by atoms with E-state index in [2.05, 4.69) is 10.1 Å². The van der Waals surface area contributed by atoms with Gasteiger partial charge in [0.15, 0.2) is 15.7 Å². The normalized spacial score (nSPS) is 11.5. The Labute approximate surface area is 113 Å². The van der Waals surface area contributed by atoms with E-state index in [1.807, 2.05) is 0 Å². The molecule has 0 unspecified atom stereocenters. The summed E-state index contributed by atoms with van der Waals surface area (Å²) >= 11 is 5.69. The molecule has 0 saturated heterocycles. The zero-order valence-electron chi connectivity index (χ0n) is 9.61. The lowest BCUT2D eigenvalue weighted by Crippen LogP contribution is -2.04. The number of sulfone groups is 1. The minimum atomic E-state index is -3.38. The van der Waals surface area contributed by atoms with Gasteiger partial charge in [-0.05, 0) is 6.07 Å². The molecule has 2 heterocycles. The van der Waals surface area contributed by atoms with Crippen molar-refractivity contribution in [3.05, 3.63) is 35.2 Å². The number of hydrogen-bond acceptors (Lipinski definition) is 5. The molecule has 2 aromatic heterocycles. The second-order valence-electron chi connectivity index (χ2n) is 3.72. The molecule has 1 N–H and O–H groups in total. The third-order valence-electron chi connectivity index (χ3n) is 2.29. The van der Waals surface area contributed by atoms with Crippen LogP contribution >= 0.6 is 11.6 Å². The van der Waals surface area contributed by atoms with Crippen LogP contribution in [-0.2, 0) is 9.84 Å². The fourth-order valence-corrected chi connectivity index (χ4v) is 2.05. The van der Waals surface area contributed by atoms with Gasteiger partial charge in [-0.3, -0.25) is 0 Å². The fourth-order valence-electron chi connectivity index (χ4n) is 1.34. The molecule has 19 heavy (non-hydrogen) atoms. The molecule has 0 spiro atoms. The summed E-state index contributed by atoms with van der Waals surface area (Å²) in [5.41, 5.74) is -0.136. The van der Waals surface area contributed by atoms with Crippen molar-refractivity contribution < 1.29 is 18.3 Å². The van der Waals surface area contributed by atoms with Crippen molar-refractivity contribution >= 4 is 27.4 Å². The van der Waals surface area contributed by atoms with Crippen molar-refractivity contribution in [1.29, 1.82) is 0 Å². The monoisotopic (exact) mass is 301 g/mol. The average molecular weight is 302 g/mol. The van der Waals surface area contributed by atoms with Crippen molar-refractivity contribution in [2.75, 3.05) is 6.26 Å². The molecular weight excluding hydrogens is 294 g/mol.